The van der Waals surface area contributed by atoms with Crippen molar-refractivity contribution >= 4 is 41.9 Å². The summed E-state index contributed by atoms with van der Waals surface area (Å²) in [6, 6.07) is 4.16. The highest BCUT2D eigenvalue weighted by Crippen LogP contribution is 2.21. The van der Waals surface area contributed by atoms with Crippen LogP contribution in [0.3, 0.4) is 0 Å². The molecule has 2 rings (SSSR count). The van der Waals surface area contributed by atoms with Crippen LogP contribution in [-0.2, 0) is 4.79 Å². The van der Waals surface area contributed by atoms with Crippen LogP contribution in [0, 0.1) is 5.82 Å². The summed E-state index contributed by atoms with van der Waals surface area (Å²) >= 11 is 0. The van der Waals surface area contributed by atoms with E-state index in [9.17, 15) is 14.0 Å². The number of nitrogens with one attached hydrogen (secondary N) is 3. The maximum absolute atomic E-state index is 13.9. The number of carbonyl (C=O) groups excluding carboxylic acids is 2. The van der Waals surface area contributed by atoms with E-state index in [0.29, 0.717) is 12.5 Å². The molecule has 0 spiro atoms. The summed E-state index contributed by atoms with van der Waals surface area (Å²) in [6.45, 7) is 4.93. The Morgan fingerprint density at radius 3 is 2.74 bits per heavy atom. The SMILES string of the molecule is CCNC(=NCCN1C(=O)CNC1=O)NC(C)c1ccc(OC)c(F)c1.I. The molecular weight excluding hydrogens is 468 g/mol. The standard InChI is InChI=1S/C17H24FN5O3.HI/c1-4-19-16(20-7-8-23-15(24)10-21-17(23)25)22-11(2)12-5-6-14(26-3)13(18)9-12;/h5-6,9,11H,4,7-8,10H2,1-3H3,(H,21,25)(H2,19,20,22);1H. The first-order valence-electron chi connectivity index (χ1n) is 8.42. The number of guanidine groups is 1. The first-order chi connectivity index (χ1) is 12.5. The number of urea groups is 1. The Balaban J connectivity index is 0.00000364. The number of rotatable bonds is 7. The lowest BCUT2D eigenvalue weighted by Gasteiger charge is -2.19. The zero-order valence-corrected chi connectivity index (χ0v) is 17.9. The van der Waals surface area contributed by atoms with Crippen molar-refractivity contribution in [3.63, 3.8) is 0 Å². The summed E-state index contributed by atoms with van der Waals surface area (Å²) in [6.07, 6.45) is 0. The highest BCUT2D eigenvalue weighted by atomic mass is 127. The third kappa shape index (κ3) is 6.22. The van der Waals surface area contributed by atoms with Crippen molar-refractivity contribution in [2.45, 2.75) is 19.9 Å². The monoisotopic (exact) mass is 493 g/mol. The van der Waals surface area contributed by atoms with Crippen LogP contribution in [0.4, 0.5) is 9.18 Å². The van der Waals surface area contributed by atoms with E-state index in [1.165, 1.54) is 13.2 Å². The molecule has 3 amide bonds. The number of carbonyl (C=O) groups is 2. The highest BCUT2D eigenvalue weighted by molar-refractivity contribution is 14.0. The number of imide groups is 1. The van der Waals surface area contributed by atoms with Crippen LogP contribution in [0.15, 0.2) is 23.2 Å². The number of nitrogens with zero attached hydrogens (tertiary/aromatic N) is 2. The molecule has 0 saturated carbocycles. The predicted molar refractivity (Wildman–Crippen MR) is 111 cm³/mol. The minimum Gasteiger partial charge on any atom is -0.494 e. The topological polar surface area (TPSA) is 95.1 Å². The molecule has 27 heavy (non-hydrogen) atoms. The van der Waals surface area contributed by atoms with E-state index in [2.05, 4.69) is 20.9 Å². The number of hydrogen-bond donors (Lipinski definition) is 3. The van der Waals surface area contributed by atoms with E-state index in [-0.39, 0.29) is 61.3 Å². The van der Waals surface area contributed by atoms with Gasteiger partial charge in [0, 0.05) is 6.54 Å². The van der Waals surface area contributed by atoms with Crippen molar-refractivity contribution < 1.29 is 18.7 Å². The Labute approximate surface area is 174 Å². The fourth-order valence-corrected chi connectivity index (χ4v) is 2.50. The second-order valence-electron chi connectivity index (χ2n) is 5.72. The highest BCUT2D eigenvalue weighted by Gasteiger charge is 2.27. The lowest BCUT2D eigenvalue weighted by Crippen LogP contribution is -2.40. The minimum absolute atomic E-state index is 0. The van der Waals surface area contributed by atoms with Gasteiger partial charge in [0.25, 0.3) is 0 Å². The van der Waals surface area contributed by atoms with Crippen molar-refractivity contribution in [1.82, 2.24) is 20.9 Å². The van der Waals surface area contributed by atoms with Crippen molar-refractivity contribution in [2.24, 2.45) is 4.99 Å². The molecule has 1 aliphatic rings. The summed E-state index contributed by atoms with van der Waals surface area (Å²) in [4.78, 5) is 28.6. The fraction of sp³-hybridized carbons (Fsp3) is 0.471. The Morgan fingerprint density at radius 1 is 1.44 bits per heavy atom. The molecular formula is C17H25FIN5O3. The van der Waals surface area contributed by atoms with E-state index in [1.54, 1.807) is 12.1 Å². The smallest absolute Gasteiger partial charge is 0.324 e. The number of methoxy groups -OCH3 is 1. The lowest BCUT2D eigenvalue weighted by molar-refractivity contribution is -0.124. The maximum atomic E-state index is 13.9. The van der Waals surface area contributed by atoms with Gasteiger partial charge in [-0.2, -0.15) is 0 Å². The second-order valence-corrected chi connectivity index (χ2v) is 5.72. The van der Waals surface area contributed by atoms with E-state index in [4.69, 9.17) is 4.74 Å². The van der Waals surface area contributed by atoms with Crippen LogP contribution in [0.2, 0.25) is 0 Å². The Morgan fingerprint density at radius 2 is 2.19 bits per heavy atom. The fourth-order valence-electron chi connectivity index (χ4n) is 2.50. The molecule has 1 saturated heterocycles. The molecule has 0 aromatic heterocycles. The lowest BCUT2D eigenvalue weighted by atomic mass is 10.1. The molecule has 1 aromatic rings. The summed E-state index contributed by atoms with van der Waals surface area (Å²) in [5.74, 6) is 0.0164. The van der Waals surface area contributed by atoms with Crippen molar-refractivity contribution in [2.75, 3.05) is 33.3 Å². The van der Waals surface area contributed by atoms with Gasteiger partial charge in [0.15, 0.2) is 17.5 Å². The van der Waals surface area contributed by atoms with Gasteiger partial charge in [-0.05, 0) is 31.5 Å². The van der Waals surface area contributed by atoms with Gasteiger partial charge in [-0.15, -0.1) is 24.0 Å². The summed E-state index contributed by atoms with van der Waals surface area (Å²) < 4.78 is 18.8. The summed E-state index contributed by atoms with van der Waals surface area (Å²) in [5.41, 5.74) is 0.739. The number of ether oxygens (including phenoxy) is 1. The van der Waals surface area contributed by atoms with E-state index in [1.807, 2.05) is 13.8 Å². The van der Waals surface area contributed by atoms with Gasteiger partial charge in [0.05, 0.1) is 32.8 Å². The molecule has 3 N–H and O–H groups in total. The molecule has 0 aliphatic carbocycles. The van der Waals surface area contributed by atoms with Crippen LogP contribution in [0.5, 0.6) is 5.75 Å². The van der Waals surface area contributed by atoms with Gasteiger partial charge in [-0.1, -0.05) is 6.07 Å². The van der Waals surface area contributed by atoms with Crippen LogP contribution >= 0.6 is 24.0 Å². The molecule has 1 fully saturated rings. The average Bonchev–Trinajstić information content (AvgIpc) is 2.93. The first-order valence-corrected chi connectivity index (χ1v) is 8.42. The number of amides is 3. The van der Waals surface area contributed by atoms with E-state index in [0.717, 1.165) is 10.5 Å². The molecule has 0 bridgehead atoms. The maximum Gasteiger partial charge on any atom is 0.324 e. The molecule has 1 unspecified atom stereocenters. The number of benzene rings is 1. The first kappa shape index (κ1) is 22.9. The van der Waals surface area contributed by atoms with Crippen LogP contribution in [-0.4, -0.2) is 56.1 Å². The van der Waals surface area contributed by atoms with Gasteiger partial charge in [-0.25, -0.2) is 9.18 Å². The van der Waals surface area contributed by atoms with Crippen LogP contribution in [0.1, 0.15) is 25.5 Å². The largest absolute Gasteiger partial charge is 0.494 e. The van der Waals surface area contributed by atoms with E-state index >= 15 is 0 Å². The number of hydrogen-bond acceptors (Lipinski definition) is 4. The molecule has 1 aliphatic heterocycles. The zero-order valence-electron chi connectivity index (χ0n) is 15.5. The van der Waals surface area contributed by atoms with Gasteiger partial charge in [0.2, 0.25) is 5.91 Å². The van der Waals surface area contributed by atoms with Gasteiger partial charge in [0.1, 0.15) is 0 Å². The molecule has 10 heteroatoms. The molecule has 1 aromatic carbocycles. The third-order valence-corrected chi connectivity index (χ3v) is 3.90. The number of halogens is 2. The molecule has 1 atom stereocenters. The van der Waals surface area contributed by atoms with Crippen LogP contribution < -0.4 is 20.7 Å². The second kappa shape index (κ2) is 10.9. The predicted octanol–water partition coefficient (Wildman–Crippen LogP) is 1.62. The van der Waals surface area contributed by atoms with Gasteiger partial charge < -0.3 is 20.7 Å². The third-order valence-electron chi connectivity index (χ3n) is 3.90. The minimum atomic E-state index is -0.431. The van der Waals surface area contributed by atoms with Crippen molar-refractivity contribution in [3.05, 3.63) is 29.6 Å². The summed E-state index contributed by atoms with van der Waals surface area (Å²) in [5, 5.41) is 8.72. The van der Waals surface area contributed by atoms with E-state index < -0.39 is 11.8 Å². The Kier molecular flexibility index (Phi) is 9.26. The molecule has 1 heterocycles. The summed E-state index contributed by atoms with van der Waals surface area (Å²) in [7, 11) is 1.42. The Bertz CT molecular complexity index is 685. The van der Waals surface area contributed by atoms with Crippen LogP contribution in [0.25, 0.3) is 0 Å². The average molecular weight is 493 g/mol. The van der Waals surface area contributed by atoms with Crippen molar-refractivity contribution in [3.8, 4) is 5.75 Å². The van der Waals surface area contributed by atoms with Gasteiger partial charge in [-0.3, -0.25) is 14.7 Å². The number of aliphatic imine (C=N–C) groups is 1. The van der Waals surface area contributed by atoms with Gasteiger partial charge >= 0.3 is 6.03 Å². The normalized spacial score (nSPS) is 15.1. The molecule has 0 radical (unpaired) electrons. The zero-order chi connectivity index (χ0) is 19.1. The Hall–Kier alpha value is -2.11. The quantitative estimate of drug-likeness (QED) is 0.232. The molecule has 8 nitrogen and oxygen atoms in total. The van der Waals surface area contributed by atoms with Crippen molar-refractivity contribution in [1.29, 1.82) is 0 Å². The molecule has 150 valence electrons.